The molecule has 0 spiro atoms. The van der Waals surface area contributed by atoms with Gasteiger partial charge in [-0.05, 0) is 102 Å². The predicted octanol–water partition coefficient (Wildman–Crippen LogP) is 15.4. The minimum atomic E-state index is 0.127. The van der Waals surface area contributed by atoms with Gasteiger partial charge >= 0.3 is 0 Å². The van der Waals surface area contributed by atoms with Crippen LogP contribution in [0.3, 0.4) is 0 Å². The SMILES string of the molecule is CCCCCCCCC1(CCCCCCCC)c2cc(-c3ccc(-c4ccc(CC)s4)s3)ccc2-c2ccc(C(CC)CC)cc21. The summed E-state index contributed by atoms with van der Waals surface area (Å²) in [5, 5.41) is 0. The van der Waals surface area contributed by atoms with Crippen LogP contribution >= 0.6 is 22.7 Å². The highest BCUT2D eigenvalue weighted by atomic mass is 32.1. The van der Waals surface area contributed by atoms with Crippen LogP contribution in [0.25, 0.3) is 31.3 Å². The van der Waals surface area contributed by atoms with Crippen molar-refractivity contribution >= 4 is 22.7 Å². The molecule has 0 amide bonds. The highest BCUT2D eigenvalue weighted by Gasteiger charge is 2.42. The number of fused-ring (bicyclic) bond motifs is 3. The van der Waals surface area contributed by atoms with Crippen molar-refractivity contribution in [1.82, 2.24) is 0 Å². The molecule has 0 fully saturated rings. The summed E-state index contributed by atoms with van der Waals surface area (Å²) in [6, 6.07) is 24.6. The van der Waals surface area contributed by atoms with Crippen LogP contribution in [-0.4, -0.2) is 0 Å². The molecule has 46 heavy (non-hydrogen) atoms. The number of unbranched alkanes of at least 4 members (excludes halogenated alkanes) is 10. The van der Waals surface area contributed by atoms with Gasteiger partial charge in [0.2, 0.25) is 0 Å². The molecule has 0 atom stereocenters. The molecule has 0 unspecified atom stereocenters. The van der Waals surface area contributed by atoms with Crippen molar-refractivity contribution in [2.45, 2.75) is 155 Å². The minimum absolute atomic E-state index is 0.127. The predicted molar refractivity (Wildman–Crippen MR) is 208 cm³/mol. The molecule has 0 aliphatic heterocycles. The summed E-state index contributed by atoms with van der Waals surface area (Å²) in [6.45, 7) is 11.7. The van der Waals surface area contributed by atoms with Gasteiger partial charge in [0.25, 0.3) is 0 Å². The Hall–Kier alpha value is -2.16. The highest BCUT2D eigenvalue weighted by molar-refractivity contribution is 7.23. The fraction of sp³-hybridized carbons (Fsp3) is 0.545. The van der Waals surface area contributed by atoms with Crippen LogP contribution in [0.15, 0.2) is 60.7 Å². The van der Waals surface area contributed by atoms with Crippen LogP contribution in [0.5, 0.6) is 0 Å². The molecular weight excluding hydrogens is 593 g/mol. The normalized spacial score (nSPS) is 13.4. The Morgan fingerprint density at radius 3 is 1.67 bits per heavy atom. The van der Waals surface area contributed by atoms with Gasteiger partial charge in [-0.2, -0.15) is 0 Å². The van der Waals surface area contributed by atoms with E-state index in [9.17, 15) is 0 Å². The molecule has 0 radical (unpaired) electrons. The molecule has 248 valence electrons. The Balaban J connectivity index is 1.54. The van der Waals surface area contributed by atoms with Gasteiger partial charge < -0.3 is 0 Å². The summed E-state index contributed by atoms with van der Waals surface area (Å²) >= 11 is 3.93. The van der Waals surface area contributed by atoms with E-state index in [-0.39, 0.29) is 5.41 Å². The van der Waals surface area contributed by atoms with E-state index in [4.69, 9.17) is 0 Å². The Kier molecular flexibility index (Phi) is 13.2. The quantitative estimate of drug-likeness (QED) is 0.0833. The summed E-state index contributed by atoms with van der Waals surface area (Å²) in [5.74, 6) is 0.653. The van der Waals surface area contributed by atoms with Crippen LogP contribution < -0.4 is 0 Å². The van der Waals surface area contributed by atoms with Crippen molar-refractivity contribution in [2.24, 2.45) is 0 Å². The topological polar surface area (TPSA) is 0 Å². The maximum absolute atomic E-state index is 2.69. The molecule has 5 rings (SSSR count). The van der Waals surface area contributed by atoms with Gasteiger partial charge in [-0.25, -0.2) is 0 Å². The second-order valence-electron chi connectivity index (χ2n) is 14.0. The van der Waals surface area contributed by atoms with Crippen LogP contribution in [-0.2, 0) is 11.8 Å². The molecule has 0 bridgehead atoms. The number of benzene rings is 2. The largest absolute Gasteiger partial charge is 0.139 e. The highest BCUT2D eigenvalue weighted by Crippen LogP contribution is 2.56. The van der Waals surface area contributed by atoms with Gasteiger partial charge in [0, 0.05) is 24.9 Å². The van der Waals surface area contributed by atoms with Crippen LogP contribution in [0.1, 0.15) is 165 Å². The lowest BCUT2D eigenvalue weighted by Crippen LogP contribution is -2.26. The third-order valence-corrected chi connectivity index (χ3v) is 13.5. The van der Waals surface area contributed by atoms with E-state index in [1.54, 1.807) is 16.7 Å². The van der Waals surface area contributed by atoms with Crippen molar-refractivity contribution in [2.75, 3.05) is 0 Å². The van der Waals surface area contributed by atoms with E-state index in [0.29, 0.717) is 5.92 Å². The fourth-order valence-corrected chi connectivity index (χ4v) is 10.1. The molecule has 2 aromatic carbocycles. The lowest BCUT2D eigenvalue weighted by molar-refractivity contribution is 0.397. The second kappa shape index (κ2) is 17.3. The summed E-state index contributed by atoms with van der Waals surface area (Å²) < 4.78 is 0. The molecule has 0 nitrogen and oxygen atoms in total. The van der Waals surface area contributed by atoms with Gasteiger partial charge in [0.15, 0.2) is 0 Å². The summed E-state index contributed by atoms with van der Waals surface area (Å²) in [7, 11) is 0. The van der Waals surface area contributed by atoms with E-state index in [1.807, 2.05) is 22.7 Å². The minimum Gasteiger partial charge on any atom is -0.139 e. The summed E-state index contributed by atoms with van der Waals surface area (Å²) in [4.78, 5) is 5.70. The van der Waals surface area contributed by atoms with E-state index in [1.165, 1.54) is 139 Å². The van der Waals surface area contributed by atoms with E-state index in [2.05, 4.69) is 95.3 Å². The number of thiophene rings is 2. The zero-order valence-corrected chi connectivity index (χ0v) is 31.3. The molecule has 0 saturated heterocycles. The maximum Gasteiger partial charge on any atom is 0.0449 e. The van der Waals surface area contributed by atoms with E-state index < -0.39 is 0 Å². The van der Waals surface area contributed by atoms with Gasteiger partial charge in [0.05, 0.1) is 0 Å². The van der Waals surface area contributed by atoms with Crippen LogP contribution in [0, 0.1) is 0 Å². The Labute approximate surface area is 290 Å². The molecule has 0 saturated carbocycles. The molecule has 1 aliphatic carbocycles. The van der Waals surface area contributed by atoms with E-state index >= 15 is 0 Å². The molecular formula is C44H60S2. The van der Waals surface area contributed by atoms with Crippen molar-refractivity contribution in [3.05, 3.63) is 82.2 Å². The smallest absolute Gasteiger partial charge is 0.0449 e. The maximum atomic E-state index is 2.69. The number of aryl methyl sites for hydroxylation is 1. The van der Waals surface area contributed by atoms with Gasteiger partial charge in [-0.1, -0.05) is 142 Å². The summed E-state index contributed by atoms with van der Waals surface area (Å²) in [6.07, 6.45) is 22.5. The zero-order chi connectivity index (χ0) is 32.4. The lowest BCUT2D eigenvalue weighted by atomic mass is 9.69. The Morgan fingerprint density at radius 1 is 0.522 bits per heavy atom. The fourth-order valence-electron chi connectivity index (χ4n) is 8.08. The zero-order valence-electron chi connectivity index (χ0n) is 29.7. The number of hydrogen-bond acceptors (Lipinski definition) is 2. The third kappa shape index (κ3) is 7.92. The van der Waals surface area contributed by atoms with Gasteiger partial charge in [-0.3, -0.25) is 0 Å². The Morgan fingerprint density at radius 2 is 1.07 bits per heavy atom. The monoisotopic (exact) mass is 652 g/mol. The van der Waals surface area contributed by atoms with Crippen molar-refractivity contribution in [1.29, 1.82) is 0 Å². The first-order valence-corrected chi connectivity index (χ1v) is 20.7. The van der Waals surface area contributed by atoms with E-state index in [0.717, 1.165) is 6.42 Å². The molecule has 0 N–H and O–H groups in total. The molecule has 4 aromatic rings. The second-order valence-corrected chi connectivity index (χ2v) is 16.2. The molecule has 2 heterocycles. The standard InChI is InChI=1S/C44H60S2/c1-6-11-13-15-17-19-29-44(30-20-18-16-14-12-7-2)39-31-34(33(8-3)9-4)21-24-37(39)38-25-22-35(32-40(38)44)41-27-28-43(46-41)42-26-23-36(10-5)45-42/h21-28,31-33H,6-20,29-30H2,1-5H3. The van der Waals surface area contributed by atoms with Crippen molar-refractivity contribution in [3.8, 4) is 31.3 Å². The van der Waals surface area contributed by atoms with Gasteiger partial charge in [0.1, 0.15) is 0 Å². The third-order valence-electron chi connectivity index (χ3n) is 10.9. The van der Waals surface area contributed by atoms with Gasteiger partial charge in [-0.15, -0.1) is 22.7 Å². The number of hydrogen-bond donors (Lipinski definition) is 0. The first kappa shape index (κ1) is 35.2. The Bertz CT molecular complexity index is 1480. The van der Waals surface area contributed by atoms with Crippen molar-refractivity contribution < 1.29 is 0 Å². The van der Waals surface area contributed by atoms with Crippen molar-refractivity contribution in [3.63, 3.8) is 0 Å². The van der Waals surface area contributed by atoms with Crippen LogP contribution in [0.4, 0.5) is 0 Å². The first-order chi connectivity index (χ1) is 22.6. The first-order valence-electron chi connectivity index (χ1n) is 19.1. The average molecular weight is 653 g/mol. The summed E-state index contributed by atoms with van der Waals surface area (Å²) in [5.41, 5.74) is 9.41. The lowest BCUT2D eigenvalue weighted by Gasteiger charge is -2.34. The molecule has 2 aromatic heterocycles. The van der Waals surface area contributed by atoms with Crippen LogP contribution in [0.2, 0.25) is 0 Å². The average Bonchev–Trinajstić information content (AvgIpc) is 3.83. The number of rotatable bonds is 20. The molecule has 2 heteroatoms. The molecule has 1 aliphatic rings.